The summed E-state index contributed by atoms with van der Waals surface area (Å²) >= 11 is 0. The Bertz CT molecular complexity index is 238. The average Bonchev–Trinajstić information content (AvgIpc) is 3.22. The van der Waals surface area contributed by atoms with Crippen molar-refractivity contribution in [3.63, 3.8) is 0 Å². The zero-order valence-corrected chi connectivity index (χ0v) is 12.6. The third-order valence-electron chi connectivity index (χ3n) is 2.45. The van der Waals surface area contributed by atoms with Crippen LogP contribution in [0.5, 0.6) is 0 Å². The lowest BCUT2D eigenvalue weighted by molar-refractivity contribution is 0.960. The van der Waals surface area contributed by atoms with Crippen LogP contribution in [0.15, 0.2) is 48.6 Å². The van der Waals surface area contributed by atoms with E-state index in [1.807, 2.05) is 53.7 Å². The van der Waals surface area contributed by atoms with Crippen molar-refractivity contribution in [1.82, 2.24) is 0 Å². The molecule has 0 N–H and O–H groups in total. The molecule has 0 nitrogen and oxygen atoms in total. The summed E-state index contributed by atoms with van der Waals surface area (Å²) in [7, 11) is 0. The normalized spacial score (nSPS) is 22.5. The van der Waals surface area contributed by atoms with Crippen molar-refractivity contribution in [3.8, 4) is 0 Å². The van der Waals surface area contributed by atoms with Crippen LogP contribution in [0.1, 0.15) is 48.0 Å². The highest BCUT2D eigenvalue weighted by molar-refractivity contribution is 5.50. The van der Waals surface area contributed by atoms with Gasteiger partial charge in [0.2, 0.25) is 0 Å². The summed E-state index contributed by atoms with van der Waals surface area (Å²) in [6.07, 6.45) is 9.79. The van der Waals surface area contributed by atoms with Crippen LogP contribution < -0.4 is 0 Å². The maximum atomic E-state index is 3.78. The smallest absolute Gasteiger partial charge is 0.0155 e. The van der Waals surface area contributed by atoms with Gasteiger partial charge in [-0.2, -0.15) is 0 Å². The van der Waals surface area contributed by atoms with E-state index < -0.39 is 0 Å². The second-order valence-electron chi connectivity index (χ2n) is 3.22. The summed E-state index contributed by atoms with van der Waals surface area (Å²) in [5.41, 5.74) is 2.53. The van der Waals surface area contributed by atoms with Gasteiger partial charge in [-0.25, -0.2) is 0 Å². The lowest BCUT2D eigenvalue weighted by Crippen LogP contribution is -1.91. The van der Waals surface area contributed by atoms with Gasteiger partial charge in [0.05, 0.1) is 0 Å². The Morgan fingerprint density at radius 2 is 1.12 bits per heavy atom. The summed E-state index contributed by atoms with van der Waals surface area (Å²) < 4.78 is 0. The van der Waals surface area contributed by atoms with Crippen LogP contribution >= 0.6 is 0 Å². The molecule has 2 atom stereocenters. The first-order valence-electron chi connectivity index (χ1n) is 7.04. The maximum absolute atomic E-state index is 3.78. The first-order valence-corrected chi connectivity index (χ1v) is 7.04. The highest BCUT2D eigenvalue weighted by Crippen LogP contribution is 2.46. The van der Waals surface area contributed by atoms with Crippen molar-refractivity contribution in [2.45, 2.75) is 48.0 Å². The lowest BCUT2D eigenvalue weighted by Gasteiger charge is -2.07. The van der Waals surface area contributed by atoms with Gasteiger partial charge >= 0.3 is 0 Å². The SMILES string of the molecule is C=CC1=CC2CC2C=C1C=C.CC.CC.CC. The minimum atomic E-state index is 0.812. The molecule has 2 aliphatic rings. The van der Waals surface area contributed by atoms with Gasteiger partial charge in [-0.3, -0.25) is 0 Å². The number of rotatable bonds is 2. The monoisotopic (exact) mass is 234 g/mol. The molecule has 98 valence electrons. The van der Waals surface area contributed by atoms with E-state index in [0.29, 0.717) is 0 Å². The molecule has 0 spiro atoms. The highest BCUT2D eigenvalue weighted by Gasteiger charge is 2.36. The van der Waals surface area contributed by atoms with E-state index in [1.54, 1.807) is 0 Å². The fourth-order valence-electron chi connectivity index (χ4n) is 1.64. The fraction of sp³-hybridized carbons (Fsp3) is 0.529. The molecule has 0 radical (unpaired) electrons. The summed E-state index contributed by atoms with van der Waals surface area (Å²) in [5.74, 6) is 1.62. The van der Waals surface area contributed by atoms with Gasteiger partial charge in [-0.1, -0.05) is 79.0 Å². The number of hydrogen-bond acceptors (Lipinski definition) is 0. The van der Waals surface area contributed by atoms with Crippen molar-refractivity contribution < 1.29 is 0 Å². The highest BCUT2D eigenvalue weighted by atomic mass is 14.4. The number of allylic oxidation sites excluding steroid dienone is 6. The molecule has 2 unspecified atom stereocenters. The van der Waals surface area contributed by atoms with Crippen LogP contribution in [0.3, 0.4) is 0 Å². The molecule has 0 aromatic carbocycles. The van der Waals surface area contributed by atoms with Crippen LogP contribution in [-0.4, -0.2) is 0 Å². The van der Waals surface area contributed by atoms with Crippen LogP contribution in [0.4, 0.5) is 0 Å². The van der Waals surface area contributed by atoms with Crippen molar-refractivity contribution >= 4 is 0 Å². The molecule has 0 aromatic rings. The molecule has 0 amide bonds. The molecule has 0 bridgehead atoms. The van der Waals surface area contributed by atoms with Gasteiger partial charge in [0.25, 0.3) is 0 Å². The van der Waals surface area contributed by atoms with Gasteiger partial charge < -0.3 is 0 Å². The molecule has 0 heteroatoms. The predicted molar refractivity (Wildman–Crippen MR) is 82.2 cm³/mol. The maximum Gasteiger partial charge on any atom is -0.0155 e. The van der Waals surface area contributed by atoms with Crippen LogP contribution in [0, 0.1) is 11.8 Å². The van der Waals surface area contributed by atoms with Crippen molar-refractivity contribution in [2.75, 3.05) is 0 Å². The molecule has 1 fully saturated rings. The van der Waals surface area contributed by atoms with E-state index in [1.165, 1.54) is 17.6 Å². The minimum Gasteiger partial charge on any atom is -0.0985 e. The van der Waals surface area contributed by atoms with Crippen LogP contribution in [0.25, 0.3) is 0 Å². The lowest BCUT2D eigenvalue weighted by atomic mass is 9.98. The number of hydrogen-bond donors (Lipinski definition) is 0. The zero-order valence-electron chi connectivity index (χ0n) is 12.6. The van der Waals surface area contributed by atoms with E-state index in [4.69, 9.17) is 0 Å². The zero-order chi connectivity index (χ0) is 13.8. The molecular formula is C17H30. The van der Waals surface area contributed by atoms with Gasteiger partial charge in [0, 0.05) is 0 Å². The van der Waals surface area contributed by atoms with E-state index in [0.717, 1.165) is 11.8 Å². The molecule has 17 heavy (non-hydrogen) atoms. The molecule has 0 aromatic heterocycles. The number of fused-ring (bicyclic) bond motifs is 1. The van der Waals surface area contributed by atoms with E-state index in [9.17, 15) is 0 Å². The third-order valence-corrected chi connectivity index (χ3v) is 2.45. The predicted octanol–water partition coefficient (Wildman–Crippen LogP) is 5.94. The van der Waals surface area contributed by atoms with Crippen LogP contribution in [-0.2, 0) is 0 Å². The first-order chi connectivity index (χ1) is 8.35. The molecule has 2 rings (SSSR count). The second kappa shape index (κ2) is 11.4. The van der Waals surface area contributed by atoms with Gasteiger partial charge in [-0.15, -0.1) is 0 Å². The minimum absolute atomic E-state index is 0.812. The Kier molecular flexibility index (Phi) is 12.3. The van der Waals surface area contributed by atoms with Gasteiger partial charge in [-0.05, 0) is 29.4 Å². The second-order valence-corrected chi connectivity index (χ2v) is 3.22. The molecule has 1 saturated carbocycles. The van der Waals surface area contributed by atoms with Crippen LogP contribution in [0.2, 0.25) is 0 Å². The molecule has 2 aliphatic carbocycles. The Hall–Kier alpha value is -1.04. The van der Waals surface area contributed by atoms with Gasteiger partial charge in [0.15, 0.2) is 0 Å². The molecule has 0 aliphatic heterocycles. The first kappa shape index (κ1) is 18.3. The largest absolute Gasteiger partial charge is 0.0985 e. The third kappa shape index (κ3) is 5.72. The topological polar surface area (TPSA) is 0 Å². The van der Waals surface area contributed by atoms with Crippen molar-refractivity contribution in [1.29, 1.82) is 0 Å². The van der Waals surface area contributed by atoms with E-state index in [2.05, 4.69) is 25.3 Å². The van der Waals surface area contributed by atoms with Crippen molar-refractivity contribution in [2.24, 2.45) is 11.8 Å². The summed E-state index contributed by atoms with van der Waals surface area (Å²) in [6.45, 7) is 19.6. The van der Waals surface area contributed by atoms with E-state index >= 15 is 0 Å². The average molecular weight is 234 g/mol. The molecule has 0 heterocycles. The molecule has 0 saturated heterocycles. The summed E-state index contributed by atoms with van der Waals surface area (Å²) in [6, 6.07) is 0. The Balaban J connectivity index is 0. The standard InChI is InChI=1S/C11H12.3C2H6/c1-3-8-5-10-7-11(10)6-9(8)4-2;3*1-2/h3-6,10-11H,1-2,7H2;3*1-2H3. The summed E-state index contributed by atoms with van der Waals surface area (Å²) in [5, 5.41) is 0. The van der Waals surface area contributed by atoms with Crippen molar-refractivity contribution in [3.05, 3.63) is 48.6 Å². The fourth-order valence-corrected chi connectivity index (χ4v) is 1.64. The quantitative estimate of drug-likeness (QED) is 0.554. The van der Waals surface area contributed by atoms with E-state index in [-0.39, 0.29) is 0 Å². The summed E-state index contributed by atoms with van der Waals surface area (Å²) in [4.78, 5) is 0. The molecular weight excluding hydrogens is 204 g/mol. The Labute approximate surface area is 109 Å². The Morgan fingerprint density at radius 3 is 1.35 bits per heavy atom. The van der Waals surface area contributed by atoms with Gasteiger partial charge in [0.1, 0.15) is 0 Å². The Morgan fingerprint density at radius 1 is 0.824 bits per heavy atom.